The summed E-state index contributed by atoms with van der Waals surface area (Å²) in [7, 11) is 0. The number of hydrogen-bond acceptors (Lipinski definition) is 4. The van der Waals surface area contributed by atoms with Gasteiger partial charge in [-0.3, -0.25) is 13.9 Å². The molecule has 0 amide bonds. The summed E-state index contributed by atoms with van der Waals surface area (Å²) in [5.74, 6) is 0.644. The summed E-state index contributed by atoms with van der Waals surface area (Å²) >= 11 is 0. The molecule has 1 N–H and O–H groups in total. The Kier molecular flexibility index (Phi) is 4.50. The Hall–Kier alpha value is -2.05. The molecule has 0 radical (unpaired) electrons. The number of anilines is 1. The fourth-order valence-electron chi connectivity index (χ4n) is 2.60. The summed E-state index contributed by atoms with van der Waals surface area (Å²) in [6, 6.07) is 0. The minimum absolute atomic E-state index is 0.261. The minimum atomic E-state index is -0.277. The van der Waals surface area contributed by atoms with Gasteiger partial charge in [-0.05, 0) is 27.2 Å². The molecule has 0 bridgehead atoms. The Balaban J connectivity index is 2.94. The third-order valence-electron chi connectivity index (χ3n) is 3.53. The van der Waals surface area contributed by atoms with Crippen LogP contribution in [-0.4, -0.2) is 25.2 Å². The van der Waals surface area contributed by atoms with Gasteiger partial charge < -0.3 is 9.88 Å². The van der Waals surface area contributed by atoms with Crippen molar-refractivity contribution in [3.05, 3.63) is 20.8 Å². The van der Waals surface area contributed by atoms with Gasteiger partial charge in [-0.25, -0.2) is 4.79 Å². The largest absolute Gasteiger partial charge is 0.356 e. The van der Waals surface area contributed by atoms with E-state index < -0.39 is 0 Å². The van der Waals surface area contributed by atoms with Gasteiger partial charge in [-0.1, -0.05) is 6.92 Å². The number of aryl methyl sites for hydroxylation is 2. The second-order valence-electron chi connectivity index (χ2n) is 4.87. The average Bonchev–Trinajstić information content (AvgIpc) is 2.83. The lowest BCUT2D eigenvalue weighted by Gasteiger charge is -2.10. The van der Waals surface area contributed by atoms with E-state index in [0.717, 1.165) is 6.42 Å². The molecule has 0 aromatic carbocycles. The van der Waals surface area contributed by atoms with E-state index in [9.17, 15) is 9.59 Å². The predicted molar refractivity (Wildman–Crippen MR) is 84.1 cm³/mol. The van der Waals surface area contributed by atoms with Crippen LogP contribution in [0, 0.1) is 0 Å². The Labute approximate surface area is 123 Å². The van der Waals surface area contributed by atoms with Gasteiger partial charge in [0, 0.05) is 26.2 Å². The number of nitrogens with zero attached hydrogens (tertiary/aromatic N) is 4. The van der Waals surface area contributed by atoms with Gasteiger partial charge in [0.25, 0.3) is 5.56 Å². The van der Waals surface area contributed by atoms with Crippen LogP contribution in [0.25, 0.3) is 11.2 Å². The topological polar surface area (TPSA) is 73.8 Å². The van der Waals surface area contributed by atoms with Gasteiger partial charge in [0.15, 0.2) is 11.2 Å². The molecular formula is C14H23N5O2. The van der Waals surface area contributed by atoms with E-state index in [-0.39, 0.29) is 11.2 Å². The SMILES string of the molecule is CCCn1c(=O)n(CC)c(=O)c2c1nc(NCC)n2CC. The van der Waals surface area contributed by atoms with Crippen molar-refractivity contribution < 1.29 is 0 Å². The van der Waals surface area contributed by atoms with E-state index in [2.05, 4.69) is 10.3 Å². The maximum absolute atomic E-state index is 12.6. The van der Waals surface area contributed by atoms with Gasteiger partial charge in [-0.15, -0.1) is 0 Å². The van der Waals surface area contributed by atoms with Crippen LogP contribution in [-0.2, 0) is 19.6 Å². The highest BCUT2D eigenvalue weighted by Gasteiger charge is 2.19. The molecule has 7 nitrogen and oxygen atoms in total. The van der Waals surface area contributed by atoms with Crippen LogP contribution < -0.4 is 16.6 Å². The summed E-state index contributed by atoms with van der Waals surface area (Å²) in [6.07, 6.45) is 0.812. The average molecular weight is 293 g/mol. The molecule has 0 aliphatic heterocycles. The molecule has 0 fully saturated rings. The highest BCUT2D eigenvalue weighted by molar-refractivity contribution is 5.74. The predicted octanol–water partition coefficient (Wildman–Crippen LogP) is 1.24. The molecule has 0 aliphatic rings. The first-order valence-corrected chi connectivity index (χ1v) is 7.58. The summed E-state index contributed by atoms with van der Waals surface area (Å²) in [5.41, 5.74) is 0.446. The molecule has 7 heteroatoms. The van der Waals surface area contributed by atoms with Gasteiger partial charge in [0.2, 0.25) is 5.95 Å². The lowest BCUT2D eigenvalue weighted by Crippen LogP contribution is -2.40. The second-order valence-corrected chi connectivity index (χ2v) is 4.87. The Morgan fingerprint density at radius 2 is 1.67 bits per heavy atom. The van der Waals surface area contributed by atoms with Crippen molar-refractivity contribution in [2.75, 3.05) is 11.9 Å². The zero-order chi connectivity index (χ0) is 15.6. The van der Waals surface area contributed by atoms with E-state index in [1.165, 1.54) is 4.57 Å². The summed E-state index contributed by atoms with van der Waals surface area (Å²) in [6.45, 7) is 10.0. The zero-order valence-corrected chi connectivity index (χ0v) is 13.1. The molecule has 21 heavy (non-hydrogen) atoms. The van der Waals surface area contributed by atoms with Crippen LogP contribution in [0.4, 0.5) is 5.95 Å². The summed E-state index contributed by atoms with van der Waals surface area (Å²) < 4.78 is 4.73. The standard InChI is InChI=1S/C14H23N5O2/c1-5-9-19-11-10(12(20)18(8-4)14(19)21)17(7-3)13(16-11)15-6-2/h5-9H2,1-4H3,(H,15,16). The molecule has 0 saturated carbocycles. The fourth-order valence-corrected chi connectivity index (χ4v) is 2.60. The number of fused-ring (bicyclic) bond motifs is 1. The van der Waals surface area contributed by atoms with Crippen molar-refractivity contribution >= 4 is 17.1 Å². The third-order valence-corrected chi connectivity index (χ3v) is 3.53. The maximum atomic E-state index is 12.6. The number of nitrogens with one attached hydrogen (secondary N) is 1. The number of imidazole rings is 1. The van der Waals surface area contributed by atoms with Gasteiger partial charge >= 0.3 is 5.69 Å². The van der Waals surface area contributed by atoms with Crippen LogP contribution in [0.3, 0.4) is 0 Å². The minimum Gasteiger partial charge on any atom is -0.356 e. The van der Waals surface area contributed by atoms with Crippen LogP contribution >= 0.6 is 0 Å². The first-order chi connectivity index (χ1) is 10.1. The monoisotopic (exact) mass is 293 g/mol. The van der Waals surface area contributed by atoms with Crippen molar-refractivity contribution in [2.24, 2.45) is 0 Å². The van der Waals surface area contributed by atoms with Crippen molar-refractivity contribution in [2.45, 2.75) is 53.8 Å². The molecule has 0 spiro atoms. The molecule has 116 valence electrons. The van der Waals surface area contributed by atoms with Gasteiger partial charge in [0.1, 0.15) is 0 Å². The Morgan fingerprint density at radius 3 is 2.19 bits per heavy atom. The molecule has 2 aromatic heterocycles. The molecule has 2 rings (SSSR count). The normalized spacial score (nSPS) is 11.2. The van der Waals surface area contributed by atoms with Crippen LogP contribution in [0.1, 0.15) is 34.1 Å². The number of hydrogen-bond donors (Lipinski definition) is 1. The maximum Gasteiger partial charge on any atom is 0.332 e. The first kappa shape index (κ1) is 15.3. The lowest BCUT2D eigenvalue weighted by molar-refractivity contribution is 0.578. The molecule has 0 saturated heterocycles. The van der Waals surface area contributed by atoms with E-state index in [1.807, 2.05) is 32.3 Å². The highest BCUT2D eigenvalue weighted by Crippen LogP contribution is 2.16. The summed E-state index contributed by atoms with van der Waals surface area (Å²) in [5, 5.41) is 3.16. The number of aromatic nitrogens is 4. The third kappa shape index (κ3) is 2.36. The molecule has 2 aromatic rings. The van der Waals surface area contributed by atoms with Crippen molar-refractivity contribution in [3.8, 4) is 0 Å². The van der Waals surface area contributed by atoms with Gasteiger partial charge in [0.05, 0.1) is 0 Å². The molecule has 2 heterocycles. The lowest BCUT2D eigenvalue weighted by atomic mass is 10.4. The molecular weight excluding hydrogens is 270 g/mol. The van der Waals surface area contributed by atoms with E-state index in [4.69, 9.17) is 0 Å². The summed E-state index contributed by atoms with van der Waals surface area (Å²) in [4.78, 5) is 29.5. The van der Waals surface area contributed by atoms with Crippen molar-refractivity contribution in [1.82, 2.24) is 18.7 Å². The fraction of sp³-hybridized carbons (Fsp3) is 0.643. The van der Waals surface area contributed by atoms with Crippen LogP contribution in [0.5, 0.6) is 0 Å². The van der Waals surface area contributed by atoms with E-state index in [0.29, 0.717) is 43.3 Å². The Morgan fingerprint density at radius 1 is 1.00 bits per heavy atom. The van der Waals surface area contributed by atoms with Crippen molar-refractivity contribution in [1.29, 1.82) is 0 Å². The smallest absolute Gasteiger partial charge is 0.332 e. The van der Waals surface area contributed by atoms with Crippen LogP contribution in [0.15, 0.2) is 9.59 Å². The van der Waals surface area contributed by atoms with Crippen molar-refractivity contribution in [3.63, 3.8) is 0 Å². The first-order valence-electron chi connectivity index (χ1n) is 7.58. The van der Waals surface area contributed by atoms with E-state index in [1.54, 1.807) is 4.57 Å². The van der Waals surface area contributed by atoms with Crippen LogP contribution in [0.2, 0.25) is 0 Å². The van der Waals surface area contributed by atoms with Gasteiger partial charge in [-0.2, -0.15) is 4.98 Å². The quantitative estimate of drug-likeness (QED) is 0.869. The number of rotatable bonds is 6. The Bertz CT molecular complexity index is 753. The molecule has 0 atom stereocenters. The highest BCUT2D eigenvalue weighted by atomic mass is 16.2. The molecule has 0 aliphatic carbocycles. The zero-order valence-electron chi connectivity index (χ0n) is 13.1. The molecule has 0 unspecified atom stereocenters. The second kappa shape index (κ2) is 6.15. The van der Waals surface area contributed by atoms with E-state index >= 15 is 0 Å².